The highest BCUT2D eigenvalue weighted by Gasteiger charge is 2.40. The van der Waals surface area contributed by atoms with Gasteiger partial charge in [-0.2, -0.15) is 0 Å². The molecule has 3 N–H and O–H groups in total. The van der Waals surface area contributed by atoms with Crippen LogP contribution >= 0.6 is 0 Å². The maximum absolute atomic E-state index is 11.0. The fourth-order valence-electron chi connectivity index (χ4n) is 2.10. The lowest BCUT2D eigenvalue weighted by molar-refractivity contribution is -0.142. The average Bonchev–Trinajstić information content (AvgIpc) is 2.72. The van der Waals surface area contributed by atoms with E-state index in [0.717, 1.165) is 25.2 Å². The van der Waals surface area contributed by atoms with Gasteiger partial charge in [0.05, 0.1) is 0 Å². The van der Waals surface area contributed by atoms with Gasteiger partial charge < -0.3 is 15.7 Å². The van der Waals surface area contributed by atoms with Crippen LogP contribution in [0.1, 0.15) is 12.1 Å². The molecule has 5 heteroatoms. The highest BCUT2D eigenvalue weighted by molar-refractivity contribution is 5.79. The summed E-state index contributed by atoms with van der Waals surface area (Å²) in [6, 6.07) is 5.81. The normalized spacial score (nSPS) is 25.0. The first-order chi connectivity index (χ1) is 8.10. The lowest BCUT2D eigenvalue weighted by Crippen LogP contribution is -2.50. The lowest BCUT2D eigenvalue weighted by Gasteiger charge is -2.19. The van der Waals surface area contributed by atoms with E-state index < -0.39 is 11.5 Å². The number of hydrogen-bond acceptors (Lipinski definition) is 4. The first-order valence-electron chi connectivity index (χ1n) is 5.75. The fourth-order valence-corrected chi connectivity index (χ4v) is 2.10. The zero-order valence-electron chi connectivity index (χ0n) is 9.67. The molecular weight excluding hydrogens is 218 g/mol. The van der Waals surface area contributed by atoms with Crippen molar-refractivity contribution in [3.63, 3.8) is 0 Å². The van der Waals surface area contributed by atoms with Crippen LogP contribution in [0.2, 0.25) is 0 Å². The number of hydrogen-bond donors (Lipinski definition) is 2. The molecule has 0 bridgehead atoms. The van der Waals surface area contributed by atoms with E-state index in [-0.39, 0.29) is 0 Å². The van der Waals surface area contributed by atoms with Crippen LogP contribution in [0.15, 0.2) is 24.4 Å². The summed E-state index contributed by atoms with van der Waals surface area (Å²) in [5.74, 6) is -0.905. The maximum atomic E-state index is 11.0. The smallest absolute Gasteiger partial charge is 0.325 e. The molecule has 1 saturated heterocycles. The molecule has 1 atom stereocenters. The molecule has 1 aromatic rings. The Morgan fingerprint density at radius 1 is 1.59 bits per heavy atom. The van der Waals surface area contributed by atoms with Crippen LogP contribution in [-0.2, 0) is 11.2 Å². The van der Waals surface area contributed by atoms with E-state index >= 15 is 0 Å². The molecule has 1 aromatic heterocycles. The zero-order valence-corrected chi connectivity index (χ0v) is 9.67. The van der Waals surface area contributed by atoms with Gasteiger partial charge in [-0.3, -0.25) is 9.78 Å². The first kappa shape index (κ1) is 12.0. The van der Waals surface area contributed by atoms with Gasteiger partial charge >= 0.3 is 5.97 Å². The highest BCUT2D eigenvalue weighted by Crippen LogP contribution is 2.18. The zero-order chi connectivity index (χ0) is 12.3. The maximum Gasteiger partial charge on any atom is 0.325 e. The van der Waals surface area contributed by atoms with Crippen molar-refractivity contribution < 1.29 is 9.90 Å². The monoisotopic (exact) mass is 235 g/mol. The molecule has 1 aliphatic rings. The standard InChI is InChI=1S/C12H17N3O2/c13-12(11(16)17)5-8-15(9-12)7-4-10-3-1-2-6-14-10/h1-3,6H,4-5,7-9,13H2,(H,16,17). The van der Waals surface area contributed by atoms with Gasteiger partial charge in [0.1, 0.15) is 5.54 Å². The second-order valence-corrected chi connectivity index (χ2v) is 4.56. The minimum atomic E-state index is -1.07. The second kappa shape index (κ2) is 4.81. The van der Waals surface area contributed by atoms with E-state index in [1.807, 2.05) is 18.2 Å². The van der Waals surface area contributed by atoms with E-state index in [1.165, 1.54) is 0 Å². The predicted octanol–water partition coefficient (Wildman–Crippen LogP) is 0.112. The van der Waals surface area contributed by atoms with Crippen LogP contribution in [0.3, 0.4) is 0 Å². The Hall–Kier alpha value is -1.46. The topological polar surface area (TPSA) is 79.5 Å². The number of rotatable bonds is 4. The molecule has 2 heterocycles. The van der Waals surface area contributed by atoms with E-state index in [1.54, 1.807) is 6.20 Å². The number of nitrogens with zero attached hydrogens (tertiary/aromatic N) is 2. The van der Waals surface area contributed by atoms with Crippen LogP contribution < -0.4 is 5.73 Å². The van der Waals surface area contributed by atoms with Crippen molar-refractivity contribution in [1.82, 2.24) is 9.88 Å². The van der Waals surface area contributed by atoms with Crippen molar-refractivity contribution in [3.8, 4) is 0 Å². The van der Waals surface area contributed by atoms with Gasteiger partial charge in [0.2, 0.25) is 0 Å². The molecule has 0 spiro atoms. The van der Waals surface area contributed by atoms with Gasteiger partial charge in [-0.05, 0) is 18.6 Å². The predicted molar refractivity (Wildman–Crippen MR) is 63.6 cm³/mol. The van der Waals surface area contributed by atoms with Crippen molar-refractivity contribution in [3.05, 3.63) is 30.1 Å². The number of nitrogens with two attached hydrogens (primary N) is 1. The second-order valence-electron chi connectivity index (χ2n) is 4.56. The van der Waals surface area contributed by atoms with Crippen molar-refractivity contribution in [2.45, 2.75) is 18.4 Å². The molecule has 0 amide bonds. The quantitative estimate of drug-likeness (QED) is 0.774. The Morgan fingerprint density at radius 2 is 2.41 bits per heavy atom. The fraction of sp³-hybridized carbons (Fsp3) is 0.500. The third-order valence-electron chi connectivity index (χ3n) is 3.22. The van der Waals surface area contributed by atoms with Gasteiger partial charge in [-0.25, -0.2) is 0 Å². The summed E-state index contributed by atoms with van der Waals surface area (Å²) >= 11 is 0. The molecule has 92 valence electrons. The summed E-state index contributed by atoms with van der Waals surface area (Å²) in [6.07, 6.45) is 3.12. The molecule has 1 aliphatic heterocycles. The summed E-state index contributed by atoms with van der Waals surface area (Å²) < 4.78 is 0. The largest absolute Gasteiger partial charge is 0.480 e. The van der Waals surface area contributed by atoms with Gasteiger partial charge in [-0.15, -0.1) is 0 Å². The summed E-state index contributed by atoms with van der Waals surface area (Å²) in [4.78, 5) is 17.3. The Labute approximate surface area is 100 Å². The Balaban J connectivity index is 1.85. The van der Waals surface area contributed by atoms with Gasteiger partial charge in [0, 0.05) is 37.9 Å². The number of carboxylic acids is 1. The van der Waals surface area contributed by atoms with E-state index in [4.69, 9.17) is 10.8 Å². The van der Waals surface area contributed by atoms with E-state index in [0.29, 0.717) is 13.0 Å². The van der Waals surface area contributed by atoms with Crippen molar-refractivity contribution >= 4 is 5.97 Å². The van der Waals surface area contributed by atoms with Crippen LogP contribution in [0, 0.1) is 0 Å². The molecule has 0 aliphatic carbocycles. The number of aliphatic carboxylic acids is 1. The molecule has 0 radical (unpaired) electrons. The van der Waals surface area contributed by atoms with Crippen LogP contribution in [0.4, 0.5) is 0 Å². The van der Waals surface area contributed by atoms with Gasteiger partial charge in [0.15, 0.2) is 0 Å². The summed E-state index contributed by atoms with van der Waals surface area (Å²) in [5, 5.41) is 9.01. The van der Waals surface area contributed by atoms with E-state index in [9.17, 15) is 4.79 Å². The Kier molecular flexibility index (Phi) is 3.40. The highest BCUT2D eigenvalue weighted by atomic mass is 16.4. The molecule has 1 unspecified atom stereocenters. The number of carboxylic acid groups (broad SMARTS) is 1. The molecule has 5 nitrogen and oxygen atoms in total. The Bertz CT molecular complexity index is 396. The number of carbonyl (C=O) groups is 1. The van der Waals surface area contributed by atoms with Crippen LogP contribution in [0.25, 0.3) is 0 Å². The molecule has 0 saturated carbocycles. The van der Waals surface area contributed by atoms with Crippen molar-refractivity contribution in [1.29, 1.82) is 0 Å². The lowest BCUT2D eigenvalue weighted by atomic mass is 10.0. The molecule has 1 fully saturated rings. The minimum absolute atomic E-state index is 0.426. The summed E-state index contributed by atoms with van der Waals surface area (Å²) in [5.41, 5.74) is 5.76. The number of pyridine rings is 1. The van der Waals surface area contributed by atoms with Crippen LogP contribution in [0.5, 0.6) is 0 Å². The minimum Gasteiger partial charge on any atom is -0.480 e. The van der Waals surface area contributed by atoms with E-state index in [2.05, 4.69) is 9.88 Å². The summed E-state index contributed by atoms with van der Waals surface area (Å²) in [6.45, 7) is 1.98. The summed E-state index contributed by atoms with van der Waals surface area (Å²) in [7, 11) is 0. The first-order valence-corrected chi connectivity index (χ1v) is 5.75. The molecule has 2 rings (SSSR count). The Morgan fingerprint density at radius 3 is 3.00 bits per heavy atom. The SMILES string of the molecule is NC1(C(=O)O)CCN(CCc2ccccn2)C1. The number of aromatic nitrogens is 1. The third-order valence-corrected chi connectivity index (χ3v) is 3.22. The van der Waals surface area contributed by atoms with Crippen molar-refractivity contribution in [2.24, 2.45) is 5.73 Å². The molecular formula is C12H17N3O2. The van der Waals surface area contributed by atoms with Crippen molar-refractivity contribution in [2.75, 3.05) is 19.6 Å². The average molecular weight is 235 g/mol. The third kappa shape index (κ3) is 2.81. The number of likely N-dealkylation sites (tertiary alicyclic amines) is 1. The van der Waals surface area contributed by atoms with Gasteiger partial charge in [-0.1, -0.05) is 6.07 Å². The van der Waals surface area contributed by atoms with Crippen LogP contribution in [-0.4, -0.2) is 46.1 Å². The molecule has 0 aromatic carbocycles. The van der Waals surface area contributed by atoms with Gasteiger partial charge in [0.25, 0.3) is 0 Å². The molecule has 17 heavy (non-hydrogen) atoms.